The lowest BCUT2D eigenvalue weighted by atomic mass is 9.73. The van der Waals surface area contributed by atoms with Crippen LogP contribution in [0.2, 0.25) is 0 Å². The Labute approximate surface area is 208 Å². The van der Waals surface area contributed by atoms with E-state index >= 15 is 0 Å². The van der Waals surface area contributed by atoms with E-state index in [1.54, 1.807) is 0 Å². The van der Waals surface area contributed by atoms with Gasteiger partial charge in [-0.15, -0.1) is 0 Å². The Hall–Kier alpha value is -4.36. The van der Waals surface area contributed by atoms with Crippen molar-refractivity contribution in [2.45, 2.75) is 31.7 Å². The summed E-state index contributed by atoms with van der Waals surface area (Å²) in [7, 11) is 0. The fourth-order valence-electron chi connectivity index (χ4n) is 5.22. The van der Waals surface area contributed by atoms with Gasteiger partial charge in [-0.25, -0.2) is 0 Å². The van der Waals surface area contributed by atoms with Gasteiger partial charge >= 0.3 is 5.82 Å². The molecule has 0 amide bonds. The average Bonchev–Trinajstić information content (AvgIpc) is 3.51. The van der Waals surface area contributed by atoms with E-state index < -0.39 is 0 Å². The molecule has 7 rings (SSSR count). The molecule has 1 fully saturated rings. The lowest BCUT2D eigenvalue weighted by Crippen LogP contribution is -2.43. The Bertz CT molecular complexity index is 1730. The molecule has 0 saturated heterocycles. The van der Waals surface area contributed by atoms with Crippen molar-refractivity contribution in [1.82, 2.24) is 25.0 Å². The molecule has 1 saturated carbocycles. The number of nitrogens with zero attached hydrogens (tertiary/aromatic N) is 5. The highest BCUT2D eigenvalue weighted by Gasteiger charge is 2.34. The van der Waals surface area contributed by atoms with Gasteiger partial charge in [0.1, 0.15) is 5.69 Å². The average molecular weight is 473 g/mol. The molecule has 1 aliphatic rings. The summed E-state index contributed by atoms with van der Waals surface area (Å²) in [5, 5.41) is 13.4. The number of nitrogens with two attached hydrogens (primary N) is 1. The van der Waals surface area contributed by atoms with Gasteiger partial charge in [0.25, 0.3) is 5.65 Å². The van der Waals surface area contributed by atoms with Crippen molar-refractivity contribution in [3.63, 3.8) is 0 Å². The Morgan fingerprint density at radius 1 is 0.972 bits per heavy atom. The van der Waals surface area contributed by atoms with Crippen LogP contribution in [0, 0.1) is 6.92 Å². The van der Waals surface area contributed by atoms with E-state index in [2.05, 4.69) is 57.1 Å². The second-order valence-electron chi connectivity index (χ2n) is 9.73. The topological polar surface area (TPSA) is 89.5 Å². The maximum atomic E-state index is 6.59. The summed E-state index contributed by atoms with van der Waals surface area (Å²) in [6, 6.07) is 23.1. The van der Waals surface area contributed by atoms with Gasteiger partial charge in [-0.3, -0.25) is 10.1 Å². The summed E-state index contributed by atoms with van der Waals surface area (Å²) >= 11 is 0. The third-order valence-corrected chi connectivity index (χ3v) is 7.50. The third kappa shape index (κ3) is 3.17. The molecule has 176 valence electrons. The summed E-state index contributed by atoms with van der Waals surface area (Å²) in [5.74, 6) is 0.821. The summed E-state index contributed by atoms with van der Waals surface area (Å²) in [4.78, 5) is 4.81. The molecule has 7 nitrogen and oxygen atoms in total. The maximum Gasteiger partial charge on any atom is 0.317 e. The predicted molar refractivity (Wildman–Crippen MR) is 139 cm³/mol. The molecule has 4 heterocycles. The number of rotatable bonds is 4. The normalized spacial score (nSPS) is 14.8. The highest BCUT2D eigenvalue weighted by Crippen LogP contribution is 2.39. The van der Waals surface area contributed by atoms with Crippen LogP contribution in [0.1, 0.15) is 30.5 Å². The minimum atomic E-state index is -0.195. The van der Waals surface area contributed by atoms with E-state index in [0.29, 0.717) is 0 Å². The molecule has 0 radical (unpaired) electrons. The van der Waals surface area contributed by atoms with Gasteiger partial charge in [0.15, 0.2) is 0 Å². The lowest BCUT2D eigenvalue weighted by Gasteiger charge is -2.38. The minimum Gasteiger partial charge on any atom is -0.321 e. The molecule has 2 aromatic carbocycles. The molecular weight excluding hydrogens is 446 g/mol. The molecule has 3 N–H and O–H groups in total. The van der Waals surface area contributed by atoms with Crippen molar-refractivity contribution in [3.8, 4) is 28.2 Å². The van der Waals surface area contributed by atoms with Crippen molar-refractivity contribution in [2.24, 2.45) is 5.73 Å². The highest BCUT2D eigenvalue weighted by atomic mass is 15.4. The number of benzene rings is 2. The zero-order valence-electron chi connectivity index (χ0n) is 20.0. The summed E-state index contributed by atoms with van der Waals surface area (Å²) < 4.78 is 4.13. The van der Waals surface area contributed by atoms with Gasteiger partial charge in [0, 0.05) is 23.0 Å². The second-order valence-corrected chi connectivity index (χ2v) is 9.73. The smallest absolute Gasteiger partial charge is 0.317 e. The van der Waals surface area contributed by atoms with Crippen LogP contribution in [0.3, 0.4) is 0 Å². The van der Waals surface area contributed by atoms with Crippen LogP contribution < -0.4 is 10.1 Å². The van der Waals surface area contributed by atoms with Crippen molar-refractivity contribution < 1.29 is 4.40 Å². The molecule has 6 aromatic rings. The van der Waals surface area contributed by atoms with Gasteiger partial charge in [0.2, 0.25) is 0 Å². The monoisotopic (exact) mass is 472 g/mol. The van der Waals surface area contributed by atoms with E-state index in [1.807, 2.05) is 54.5 Å². The van der Waals surface area contributed by atoms with Gasteiger partial charge in [-0.1, -0.05) is 47.1 Å². The van der Waals surface area contributed by atoms with Crippen molar-refractivity contribution in [3.05, 3.63) is 96.6 Å². The van der Waals surface area contributed by atoms with Gasteiger partial charge in [-0.2, -0.15) is 9.50 Å². The first-order valence-corrected chi connectivity index (χ1v) is 12.3. The fourth-order valence-corrected chi connectivity index (χ4v) is 5.22. The van der Waals surface area contributed by atoms with E-state index in [4.69, 9.17) is 15.8 Å². The lowest BCUT2D eigenvalue weighted by molar-refractivity contribution is -0.498. The third-order valence-electron chi connectivity index (χ3n) is 7.50. The van der Waals surface area contributed by atoms with Crippen LogP contribution in [0.4, 0.5) is 0 Å². The van der Waals surface area contributed by atoms with E-state index in [1.165, 1.54) is 12.0 Å². The Balaban J connectivity index is 1.49. The molecule has 0 bridgehead atoms. The summed E-state index contributed by atoms with van der Waals surface area (Å²) in [6.45, 7) is 2.01. The number of aromatic amines is 1. The number of H-pyrrole nitrogens is 1. The number of hydrogen-bond acceptors (Lipinski definition) is 4. The summed E-state index contributed by atoms with van der Waals surface area (Å²) in [6.07, 6.45) is 9.06. The number of pyridine rings is 2. The minimum absolute atomic E-state index is 0.195. The predicted octanol–water partition coefficient (Wildman–Crippen LogP) is 4.86. The molecule has 7 heteroatoms. The molecule has 1 aliphatic carbocycles. The molecular formula is C29H26N7+. The molecule has 0 aliphatic heterocycles. The SMILES string of the molecule is Cc1[nH]ncc1-c1nn(-c2ccc(C3(N)CCC3)cc2)c2c3cc(-c4ccccc4)cnc3cc[n+]12. The number of fused-ring (bicyclic) bond motifs is 3. The molecule has 0 unspecified atom stereocenters. The van der Waals surface area contributed by atoms with Crippen molar-refractivity contribution in [2.75, 3.05) is 0 Å². The van der Waals surface area contributed by atoms with Gasteiger partial charge in [0.05, 0.1) is 34.0 Å². The second kappa shape index (κ2) is 7.83. The van der Waals surface area contributed by atoms with E-state index in [-0.39, 0.29) is 5.54 Å². The van der Waals surface area contributed by atoms with Crippen molar-refractivity contribution in [1.29, 1.82) is 0 Å². The van der Waals surface area contributed by atoms with Gasteiger partial charge in [-0.05, 0) is 61.6 Å². The van der Waals surface area contributed by atoms with Crippen LogP contribution in [0.25, 0.3) is 44.8 Å². The molecule has 0 spiro atoms. The zero-order valence-corrected chi connectivity index (χ0v) is 20.0. The van der Waals surface area contributed by atoms with Gasteiger partial charge < -0.3 is 5.73 Å². The van der Waals surface area contributed by atoms with E-state index in [0.717, 1.165) is 63.3 Å². The Morgan fingerprint density at radius 2 is 1.78 bits per heavy atom. The molecule has 36 heavy (non-hydrogen) atoms. The van der Waals surface area contributed by atoms with Crippen LogP contribution in [-0.2, 0) is 5.54 Å². The fraction of sp³-hybridized carbons (Fsp3) is 0.172. The van der Waals surface area contributed by atoms with Crippen LogP contribution in [0.15, 0.2) is 85.3 Å². The maximum absolute atomic E-state index is 6.59. The number of nitrogens with one attached hydrogen (secondary N) is 1. The summed E-state index contributed by atoms with van der Waals surface area (Å²) in [5.41, 5.74) is 14.5. The van der Waals surface area contributed by atoms with Crippen LogP contribution in [-0.4, -0.2) is 25.0 Å². The highest BCUT2D eigenvalue weighted by molar-refractivity contribution is 5.93. The number of hydrogen-bond donors (Lipinski definition) is 2. The quantitative estimate of drug-likeness (QED) is 0.359. The standard InChI is InChI=1S/C29H26N7/c1-19-25(18-32-33-19)27-34-36(23-10-8-22(9-11-23)29(30)13-5-14-29)28-24-16-21(20-6-3-2-4-7-20)17-31-26(24)12-15-35(27)28/h2-4,6-12,15-18H,5,13-14,30H2,1H3,(H,32,33)/q+1. The Morgan fingerprint density at radius 3 is 2.47 bits per heavy atom. The van der Waals surface area contributed by atoms with Crippen LogP contribution in [0.5, 0.6) is 0 Å². The Kier molecular flexibility index (Phi) is 4.56. The number of aromatic nitrogens is 6. The zero-order chi connectivity index (χ0) is 24.3. The van der Waals surface area contributed by atoms with Crippen molar-refractivity contribution >= 4 is 16.6 Å². The van der Waals surface area contributed by atoms with E-state index in [9.17, 15) is 0 Å². The first kappa shape index (κ1) is 21.0. The largest absolute Gasteiger partial charge is 0.321 e. The molecule has 4 aromatic heterocycles. The molecule has 0 atom stereocenters. The first-order valence-electron chi connectivity index (χ1n) is 12.3. The van der Waals surface area contributed by atoms with Crippen LogP contribution >= 0.6 is 0 Å². The first-order chi connectivity index (χ1) is 17.6. The number of aryl methyl sites for hydroxylation is 1.